The van der Waals surface area contributed by atoms with Crippen molar-refractivity contribution in [1.82, 2.24) is 34.9 Å². The number of ether oxygens (including phenoxy) is 2. The number of benzene rings is 1. The van der Waals surface area contributed by atoms with Gasteiger partial charge in [-0.3, -0.25) is 4.79 Å². The normalized spacial score (nSPS) is 14.1. The van der Waals surface area contributed by atoms with Crippen LogP contribution >= 0.6 is 0 Å². The van der Waals surface area contributed by atoms with Crippen LogP contribution in [0.3, 0.4) is 0 Å². The highest BCUT2D eigenvalue weighted by Crippen LogP contribution is 2.29. The van der Waals surface area contributed by atoms with E-state index in [0.717, 1.165) is 5.69 Å². The Morgan fingerprint density at radius 2 is 1.89 bits per heavy atom. The van der Waals surface area contributed by atoms with Gasteiger partial charge in [0.1, 0.15) is 12.2 Å². The van der Waals surface area contributed by atoms with Gasteiger partial charge in [0, 0.05) is 18.7 Å². The summed E-state index contributed by atoms with van der Waals surface area (Å²) in [6, 6.07) is 5.28. The Morgan fingerprint density at radius 1 is 1.15 bits per heavy atom. The monoisotopic (exact) mass is 369 g/mol. The average Bonchev–Trinajstić information content (AvgIpc) is 3.32. The van der Waals surface area contributed by atoms with Crippen LogP contribution in [0.2, 0.25) is 0 Å². The molecule has 1 fully saturated rings. The van der Waals surface area contributed by atoms with Crippen molar-refractivity contribution in [2.75, 3.05) is 27.3 Å². The zero-order valence-corrected chi connectivity index (χ0v) is 15.0. The molecule has 0 spiro atoms. The Labute approximate surface area is 155 Å². The van der Waals surface area contributed by atoms with E-state index in [-0.39, 0.29) is 11.9 Å². The molecule has 1 amide bonds. The fraction of sp³-hybridized carbons (Fsp3) is 0.353. The average molecular weight is 369 g/mol. The van der Waals surface area contributed by atoms with Crippen molar-refractivity contribution in [3.63, 3.8) is 0 Å². The predicted molar refractivity (Wildman–Crippen MR) is 93.6 cm³/mol. The predicted octanol–water partition coefficient (Wildman–Crippen LogP) is 0.632. The molecule has 1 aliphatic heterocycles. The zero-order valence-electron chi connectivity index (χ0n) is 15.0. The van der Waals surface area contributed by atoms with Crippen molar-refractivity contribution in [2.45, 2.75) is 12.6 Å². The number of rotatable bonds is 6. The van der Waals surface area contributed by atoms with E-state index in [0.29, 0.717) is 36.7 Å². The first kappa shape index (κ1) is 17.0. The molecule has 1 aliphatic rings. The first-order chi connectivity index (χ1) is 13.2. The molecule has 0 atom stereocenters. The van der Waals surface area contributed by atoms with Crippen molar-refractivity contribution in [1.29, 1.82) is 0 Å². The van der Waals surface area contributed by atoms with Crippen LogP contribution in [-0.2, 0) is 6.54 Å². The summed E-state index contributed by atoms with van der Waals surface area (Å²) in [5, 5.41) is 16.4. The molecule has 0 unspecified atom stereocenters. The van der Waals surface area contributed by atoms with Crippen LogP contribution in [0.5, 0.6) is 11.5 Å². The molecular weight excluding hydrogens is 350 g/mol. The summed E-state index contributed by atoms with van der Waals surface area (Å²) in [6.45, 7) is 1.63. The zero-order chi connectivity index (χ0) is 18.8. The van der Waals surface area contributed by atoms with Crippen LogP contribution < -0.4 is 9.47 Å². The largest absolute Gasteiger partial charge is 0.493 e. The molecule has 2 aromatic heterocycles. The van der Waals surface area contributed by atoms with Gasteiger partial charge in [-0.1, -0.05) is 5.21 Å². The SMILES string of the molecule is COc1ccc(C(=O)N2CC(n3cc(Cn4nccn4)nn3)C2)cc1OC. The second kappa shape index (κ2) is 7.06. The smallest absolute Gasteiger partial charge is 0.254 e. The number of carbonyl (C=O) groups is 1. The fourth-order valence-electron chi connectivity index (χ4n) is 2.97. The van der Waals surface area contributed by atoms with Crippen LogP contribution in [0.25, 0.3) is 0 Å². The molecule has 1 aromatic carbocycles. The number of hydrogen-bond donors (Lipinski definition) is 0. The lowest BCUT2D eigenvalue weighted by Crippen LogP contribution is -2.50. The van der Waals surface area contributed by atoms with Crippen LogP contribution in [0.4, 0.5) is 0 Å². The van der Waals surface area contributed by atoms with Gasteiger partial charge in [0.15, 0.2) is 11.5 Å². The number of likely N-dealkylation sites (tertiary alicyclic amines) is 1. The number of amides is 1. The molecule has 1 saturated heterocycles. The number of carbonyl (C=O) groups excluding carboxylic acids is 1. The van der Waals surface area contributed by atoms with E-state index in [1.807, 2.05) is 6.20 Å². The Morgan fingerprint density at radius 3 is 2.59 bits per heavy atom. The van der Waals surface area contributed by atoms with Crippen molar-refractivity contribution < 1.29 is 14.3 Å². The first-order valence-electron chi connectivity index (χ1n) is 8.44. The summed E-state index contributed by atoms with van der Waals surface area (Å²) in [6.07, 6.45) is 5.11. The van der Waals surface area contributed by atoms with Crippen molar-refractivity contribution >= 4 is 5.91 Å². The molecular formula is C17H19N7O3. The molecule has 10 nitrogen and oxygen atoms in total. The van der Waals surface area contributed by atoms with Gasteiger partial charge in [0.2, 0.25) is 0 Å². The standard InChI is InChI=1S/C17H19N7O3/c1-26-15-4-3-12(7-16(15)27-2)17(25)22-10-14(11-22)23-8-13(20-21-23)9-24-18-5-6-19-24/h3-8,14H,9-11H2,1-2H3. The minimum atomic E-state index is -0.0479. The molecule has 10 heteroatoms. The molecule has 27 heavy (non-hydrogen) atoms. The molecule has 0 saturated carbocycles. The van der Waals surface area contributed by atoms with E-state index in [4.69, 9.17) is 9.47 Å². The third kappa shape index (κ3) is 3.33. The van der Waals surface area contributed by atoms with Gasteiger partial charge < -0.3 is 14.4 Å². The highest BCUT2D eigenvalue weighted by atomic mass is 16.5. The van der Waals surface area contributed by atoms with E-state index in [1.165, 1.54) is 0 Å². The van der Waals surface area contributed by atoms with Gasteiger partial charge in [0.25, 0.3) is 5.91 Å². The maximum atomic E-state index is 12.7. The van der Waals surface area contributed by atoms with Crippen molar-refractivity contribution in [3.05, 3.63) is 48.0 Å². The van der Waals surface area contributed by atoms with Crippen LogP contribution in [0, 0.1) is 0 Å². The van der Waals surface area contributed by atoms with Crippen molar-refractivity contribution in [2.24, 2.45) is 0 Å². The molecule has 0 N–H and O–H groups in total. The third-order valence-electron chi connectivity index (χ3n) is 4.48. The van der Waals surface area contributed by atoms with E-state index in [2.05, 4.69) is 20.5 Å². The summed E-state index contributed by atoms with van der Waals surface area (Å²) in [5.41, 5.74) is 1.34. The molecule has 140 valence electrons. The molecule has 0 aliphatic carbocycles. The Bertz CT molecular complexity index is 932. The first-order valence-corrected chi connectivity index (χ1v) is 8.44. The summed E-state index contributed by atoms with van der Waals surface area (Å²) in [4.78, 5) is 16.0. The van der Waals surface area contributed by atoms with E-state index >= 15 is 0 Å². The molecule has 4 rings (SSSR count). The Hall–Kier alpha value is -3.43. The van der Waals surface area contributed by atoms with Crippen LogP contribution in [0.1, 0.15) is 22.1 Å². The maximum absolute atomic E-state index is 12.7. The summed E-state index contributed by atoms with van der Waals surface area (Å²) in [7, 11) is 3.11. The lowest BCUT2D eigenvalue weighted by atomic mass is 10.1. The Balaban J connectivity index is 1.38. The minimum Gasteiger partial charge on any atom is -0.493 e. The molecule has 0 bridgehead atoms. The van der Waals surface area contributed by atoms with E-state index < -0.39 is 0 Å². The lowest BCUT2D eigenvalue weighted by Gasteiger charge is -2.38. The summed E-state index contributed by atoms with van der Waals surface area (Å²) < 4.78 is 12.3. The molecule has 0 radical (unpaired) electrons. The topological polar surface area (TPSA) is 100 Å². The highest BCUT2D eigenvalue weighted by Gasteiger charge is 2.33. The van der Waals surface area contributed by atoms with Gasteiger partial charge in [0.05, 0.1) is 38.9 Å². The van der Waals surface area contributed by atoms with E-state index in [9.17, 15) is 4.79 Å². The number of nitrogens with zero attached hydrogens (tertiary/aromatic N) is 7. The quantitative estimate of drug-likeness (QED) is 0.628. The fourth-order valence-corrected chi connectivity index (χ4v) is 2.97. The maximum Gasteiger partial charge on any atom is 0.254 e. The minimum absolute atomic E-state index is 0.0479. The van der Waals surface area contributed by atoms with Gasteiger partial charge >= 0.3 is 0 Å². The highest BCUT2D eigenvalue weighted by molar-refractivity contribution is 5.95. The number of hydrogen-bond acceptors (Lipinski definition) is 7. The van der Waals surface area contributed by atoms with Gasteiger partial charge in [-0.25, -0.2) is 4.68 Å². The lowest BCUT2D eigenvalue weighted by molar-refractivity contribution is 0.0498. The third-order valence-corrected chi connectivity index (χ3v) is 4.48. The summed E-state index contributed by atoms with van der Waals surface area (Å²) >= 11 is 0. The van der Waals surface area contributed by atoms with Gasteiger partial charge in [-0.05, 0) is 18.2 Å². The second-order valence-electron chi connectivity index (χ2n) is 6.18. The summed E-state index contributed by atoms with van der Waals surface area (Å²) in [5.74, 6) is 1.08. The van der Waals surface area contributed by atoms with Gasteiger partial charge in [-0.15, -0.1) is 5.10 Å². The van der Waals surface area contributed by atoms with Crippen LogP contribution in [-0.4, -0.2) is 68.1 Å². The second-order valence-corrected chi connectivity index (χ2v) is 6.18. The van der Waals surface area contributed by atoms with Crippen molar-refractivity contribution in [3.8, 4) is 11.5 Å². The molecule has 3 aromatic rings. The molecule has 3 heterocycles. The Kier molecular flexibility index (Phi) is 4.45. The van der Waals surface area contributed by atoms with Crippen LogP contribution in [0.15, 0.2) is 36.8 Å². The number of aromatic nitrogens is 6. The number of methoxy groups -OCH3 is 2. The van der Waals surface area contributed by atoms with E-state index in [1.54, 1.807) is 59.2 Å². The van der Waals surface area contributed by atoms with Gasteiger partial charge in [-0.2, -0.15) is 15.0 Å².